The first-order valence-electron chi connectivity index (χ1n) is 9.96. The van der Waals surface area contributed by atoms with Gasteiger partial charge in [0.1, 0.15) is 5.69 Å². The molecule has 0 atom stereocenters. The van der Waals surface area contributed by atoms with E-state index in [0.717, 1.165) is 25.2 Å². The molecule has 1 amide bonds. The Labute approximate surface area is 172 Å². The maximum Gasteiger partial charge on any atom is 0.270 e. The van der Waals surface area contributed by atoms with Crippen LogP contribution < -0.4 is 15.5 Å². The fourth-order valence-corrected chi connectivity index (χ4v) is 3.07. The van der Waals surface area contributed by atoms with Gasteiger partial charge in [0.25, 0.3) is 5.91 Å². The number of hydrogen-bond donors (Lipinski definition) is 2. The zero-order valence-electron chi connectivity index (χ0n) is 16.9. The maximum atomic E-state index is 12.4. The van der Waals surface area contributed by atoms with E-state index in [-0.39, 0.29) is 5.91 Å². The van der Waals surface area contributed by atoms with Gasteiger partial charge in [-0.2, -0.15) is 0 Å². The summed E-state index contributed by atoms with van der Waals surface area (Å²) in [6.07, 6.45) is 2.37. The molecule has 0 spiro atoms. The molecular weight excluding hydrogens is 362 g/mol. The second kappa shape index (κ2) is 10.2. The first kappa shape index (κ1) is 20.3. The Balaban J connectivity index is 1.58. The van der Waals surface area contributed by atoms with Gasteiger partial charge in [0.05, 0.1) is 0 Å². The first-order chi connectivity index (χ1) is 14.2. The fourth-order valence-electron chi connectivity index (χ4n) is 3.07. The van der Waals surface area contributed by atoms with Crippen molar-refractivity contribution in [2.24, 2.45) is 0 Å². The van der Waals surface area contributed by atoms with Gasteiger partial charge in [-0.15, -0.1) is 0 Å². The number of rotatable bonds is 9. The fraction of sp³-hybridized carbons (Fsp3) is 0.261. The van der Waals surface area contributed by atoms with Crippen molar-refractivity contribution >= 4 is 23.2 Å². The highest BCUT2D eigenvalue weighted by atomic mass is 16.1. The van der Waals surface area contributed by atoms with Gasteiger partial charge < -0.3 is 15.5 Å². The topological polar surface area (TPSA) is 70.2 Å². The lowest BCUT2D eigenvalue weighted by Crippen LogP contribution is -2.26. The largest absolute Gasteiger partial charge is 0.372 e. The highest BCUT2D eigenvalue weighted by Gasteiger charge is 2.09. The smallest absolute Gasteiger partial charge is 0.270 e. The summed E-state index contributed by atoms with van der Waals surface area (Å²) in [7, 11) is 0. The Bertz CT molecular complexity index is 908. The molecule has 0 aliphatic carbocycles. The minimum Gasteiger partial charge on any atom is -0.372 e. The second-order valence-corrected chi connectivity index (χ2v) is 6.60. The molecule has 0 aliphatic rings. The van der Waals surface area contributed by atoms with E-state index in [1.165, 1.54) is 11.3 Å². The summed E-state index contributed by atoms with van der Waals surface area (Å²) in [6.45, 7) is 6.77. The van der Waals surface area contributed by atoms with Crippen LogP contribution in [0.15, 0.2) is 66.9 Å². The van der Waals surface area contributed by atoms with Gasteiger partial charge in [-0.05, 0) is 56.2 Å². The molecule has 6 heteroatoms. The predicted molar refractivity (Wildman–Crippen MR) is 118 cm³/mol. The van der Waals surface area contributed by atoms with E-state index in [1.54, 1.807) is 12.3 Å². The highest BCUT2D eigenvalue weighted by Crippen LogP contribution is 2.19. The van der Waals surface area contributed by atoms with Crippen LogP contribution in [0.2, 0.25) is 0 Å². The zero-order chi connectivity index (χ0) is 20.5. The molecule has 29 heavy (non-hydrogen) atoms. The number of anilines is 3. The number of nitrogens with one attached hydrogen (secondary N) is 2. The van der Waals surface area contributed by atoms with Gasteiger partial charge in [0.2, 0.25) is 5.95 Å². The number of nitrogens with zero attached hydrogens (tertiary/aromatic N) is 3. The molecule has 3 rings (SSSR count). The predicted octanol–water partition coefficient (Wildman–Crippen LogP) is 4.04. The summed E-state index contributed by atoms with van der Waals surface area (Å²) in [4.78, 5) is 23.2. The first-order valence-corrected chi connectivity index (χ1v) is 9.96. The van der Waals surface area contributed by atoms with Crippen molar-refractivity contribution in [3.8, 4) is 0 Å². The number of amides is 1. The average Bonchev–Trinajstić information content (AvgIpc) is 2.76. The van der Waals surface area contributed by atoms with E-state index in [4.69, 9.17) is 0 Å². The zero-order valence-corrected chi connectivity index (χ0v) is 16.9. The number of aromatic nitrogens is 2. The van der Waals surface area contributed by atoms with Crippen LogP contribution in [0.3, 0.4) is 0 Å². The van der Waals surface area contributed by atoms with E-state index in [1.807, 2.05) is 42.5 Å². The van der Waals surface area contributed by atoms with Crippen molar-refractivity contribution in [1.29, 1.82) is 0 Å². The lowest BCUT2D eigenvalue weighted by atomic mass is 10.1. The Hall–Kier alpha value is -3.41. The Morgan fingerprint density at radius 3 is 2.38 bits per heavy atom. The third-order valence-electron chi connectivity index (χ3n) is 4.68. The Morgan fingerprint density at radius 2 is 1.69 bits per heavy atom. The summed E-state index contributed by atoms with van der Waals surface area (Å²) in [5.74, 6) is 0.194. The van der Waals surface area contributed by atoms with Crippen molar-refractivity contribution in [1.82, 2.24) is 15.3 Å². The molecule has 0 fully saturated rings. The summed E-state index contributed by atoms with van der Waals surface area (Å²) in [5, 5.41) is 6.07. The van der Waals surface area contributed by atoms with Crippen molar-refractivity contribution in [2.75, 3.05) is 29.9 Å². The normalized spacial score (nSPS) is 10.4. The van der Waals surface area contributed by atoms with Crippen LogP contribution in [0.4, 0.5) is 17.3 Å². The molecule has 0 aliphatic heterocycles. The molecule has 0 unspecified atom stereocenters. The molecule has 150 valence electrons. The van der Waals surface area contributed by atoms with Gasteiger partial charge in [-0.1, -0.05) is 30.3 Å². The molecule has 6 nitrogen and oxygen atoms in total. The lowest BCUT2D eigenvalue weighted by molar-refractivity contribution is 0.0949. The monoisotopic (exact) mass is 389 g/mol. The van der Waals surface area contributed by atoms with Crippen molar-refractivity contribution in [3.05, 3.63) is 78.1 Å². The maximum absolute atomic E-state index is 12.4. The van der Waals surface area contributed by atoms with Gasteiger partial charge in [0.15, 0.2) is 0 Å². The molecule has 2 aromatic carbocycles. The molecule has 1 heterocycles. The van der Waals surface area contributed by atoms with E-state index in [0.29, 0.717) is 18.2 Å². The molecule has 0 saturated heterocycles. The minimum atomic E-state index is -0.205. The van der Waals surface area contributed by atoms with Gasteiger partial charge in [-0.3, -0.25) is 4.79 Å². The quantitative estimate of drug-likeness (QED) is 0.578. The van der Waals surface area contributed by atoms with Crippen LogP contribution in [0.5, 0.6) is 0 Å². The third-order valence-corrected chi connectivity index (χ3v) is 4.68. The summed E-state index contributed by atoms with van der Waals surface area (Å²) in [6, 6.07) is 19.8. The molecular formula is C23H27N5O. The minimum absolute atomic E-state index is 0.205. The second-order valence-electron chi connectivity index (χ2n) is 6.60. The van der Waals surface area contributed by atoms with Crippen LogP contribution >= 0.6 is 0 Å². The molecule has 0 radical (unpaired) electrons. The molecule has 2 N–H and O–H groups in total. The van der Waals surface area contributed by atoms with E-state index >= 15 is 0 Å². The van der Waals surface area contributed by atoms with Crippen molar-refractivity contribution < 1.29 is 4.79 Å². The number of carbonyl (C=O) groups is 1. The van der Waals surface area contributed by atoms with Crippen LogP contribution in [-0.2, 0) is 6.42 Å². The van der Waals surface area contributed by atoms with Gasteiger partial charge in [-0.25, -0.2) is 9.97 Å². The number of hydrogen-bond acceptors (Lipinski definition) is 5. The van der Waals surface area contributed by atoms with Crippen molar-refractivity contribution in [3.63, 3.8) is 0 Å². The van der Waals surface area contributed by atoms with Crippen LogP contribution in [0, 0.1) is 0 Å². The average molecular weight is 390 g/mol. The number of carbonyl (C=O) groups excluding carboxylic acids is 1. The summed E-state index contributed by atoms with van der Waals surface area (Å²) < 4.78 is 0. The lowest BCUT2D eigenvalue weighted by Gasteiger charge is -2.21. The van der Waals surface area contributed by atoms with E-state index in [2.05, 4.69) is 51.5 Å². The molecule has 0 bridgehead atoms. The van der Waals surface area contributed by atoms with Gasteiger partial charge >= 0.3 is 0 Å². The standard InChI is InChI=1S/C23H27N5O/c1-3-28(4-2)20-12-10-19(11-13-20)26-23-25-17-15-21(27-23)22(29)24-16-14-18-8-6-5-7-9-18/h5-13,15,17H,3-4,14,16H2,1-2H3,(H,24,29)(H,25,26,27). The van der Waals surface area contributed by atoms with Crippen molar-refractivity contribution in [2.45, 2.75) is 20.3 Å². The summed E-state index contributed by atoms with van der Waals surface area (Å²) >= 11 is 0. The number of benzene rings is 2. The van der Waals surface area contributed by atoms with E-state index in [9.17, 15) is 4.79 Å². The Kier molecular flexibility index (Phi) is 7.16. The Morgan fingerprint density at radius 1 is 0.966 bits per heavy atom. The summed E-state index contributed by atoms with van der Waals surface area (Å²) in [5.41, 5.74) is 3.58. The third kappa shape index (κ3) is 5.78. The van der Waals surface area contributed by atoms with E-state index < -0.39 is 0 Å². The SMILES string of the molecule is CCN(CC)c1ccc(Nc2nccc(C(=O)NCCc3ccccc3)n2)cc1. The van der Waals surface area contributed by atoms with Crippen LogP contribution in [-0.4, -0.2) is 35.5 Å². The highest BCUT2D eigenvalue weighted by molar-refractivity contribution is 5.92. The van der Waals surface area contributed by atoms with Gasteiger partial charge in [0, 0.05) is 37.2 Å². The molecule has 3 aromatic rings. The van der Waals surface area contributed by atoms with Crippen LogP contribution in [0.1, 0.15) is 29.9 Å². The molecule has 0 saturated carbocycles. The molecule has 1 aromatic heterocycles. The van der Waals surface area contributed by atoms with Crippen LogP contribution in [0.25, 0.3) is 0 Å².